The molecule has 3 aliphatic rings. The van der Waals surface area contributed by atoms with Gasteiger partial charge in [0.2, 0.25) is 17.7 Å². The molecule has 0 bridgehead atoms. The predicted molar refractivity (Wildman–Crippen MR) is 163 cm³/mol. The van der Waals surface area contributed by atoms with Crippen LogP contribution >= 0.6 is 0 Å². The third-order valence-electron chi connectivity index (χ3n) is 8.86. The summed E-state index contributed by atoms with van der Waals surface area (Å²) in [5.74, 6) is 1.66. The lowest BCUT2D eigenvalue weighted by molar-refractivity contribution is -0.139. The first-order valence-corrected chi connectivity index (χ1v) is 15.8. The molecule has 1 unspecified atom stereocenters. The number of likely N-dealkylation sites (tertiary alicyclic amines) is 1. The second kappa shape index (κ2) is 13.1. The molecule has 11 nitrogen and oxygen atoms in total. The van der Waals surface area contributed by atoms with Crippen molar-refractivity contribution in [3.8, 4) is 5.88 Å². The highest BCUT2D eigenvalue weighted by Gasteiger charge is 2.36. The molecule has 2 amide bonds. The maximum Gasteiger partial charge on any atom is 0.410 e. The van der Waals surface area contributed by atoms with Crippen LogP contribution in [0.5, 0.6) is 5.88 Å². The number of nitrogens with zero attached hydrogens (tertiary/aromatic N) is 6. The number of hydrogen-bond donors (Lipinski definition) is 1. The number of hydrogen-bond acceptors (Lipinski definition) is 8. The molecule has 2 aromatic rings. The molecule has 1 N–H and O–H groups in total. The zero-order chi connectivity index (χ0) is 29.9. The lowest BCUT2D eigenvalue weighted by Gasteiger charge is -2.42. The summed E-state index contributed by atoms with van der Waals surface area (Å²) in [5, 5.41) is 3.26. The molecule has 232 valence electrons. The van der Waals surface area contributed by atoms with Gasteiger partial charge in [-0.2, -0.15) is 0 Å². The van der Waals surface area contributed by atoms with E-state index in [1.807, 2.05) is 45.7 Å². The van der Waals surface area contributed by atoms with Gasteiger partial charge in [0.25, 0.3) is 0 Å². The van der Waals surface area contributed by atoms with Crippen molar-refractivity contribution in [3.63, 3.8) is 0 Å². The fourth-order valence-electron chi connectivity index (χ4n) is 6.66. The zero-order valence-corrected chi connectivity index (χ0v) is 26.1. The third-order valence-corrected chi connectivity index (χ3v) is 8.86. The maximum atomic E-state index is 13.5. The number of piperidine rings is 1. The summed E-state index contributed by atoms with van der Waals surface area (Å²) in [7, 11) is 1.90. The Morgan fingerprint density at radius 2 is 1.79 bits per heavy atom. The molecule has 5 rings (SSSR count). The number of fused-ring (bicyclic) bond motifs is 1. The molecule has 3 fully saturated rings. The molecule has 11 heteroatoms. The second-order valence-electron chi connectivity index (χ2n) is 13.1. The van der Waals surface area contributed by atoms with Gasteiger partial charge in [0, 0.05) is 57.3 Å². The van der Waals surface area contributed by atoms with Crippen LogP contribution in [0.3, 0.4) is 0 Å². The SMILES string of the molecule is CNc1nc2cnc(OCCN3CCCCC3)cc2n1C1CCC(C(=O)N2CCN(C(=O)OC(C)(C)C)C(C)C2)CC1. The van der Waals surface area contributed by atoms with E-state index >= 15 is 0 Å². The van der Waals surface area contributed by atoms with E-state index in [1.165, 1.54) is 19.3 Å². The van der Waals surface area contributed by atoms with Gasteiger partial charge in [0.1, 0.15) is 17.7 Å². The van der Waals surface area contributed by atoms with Crippen LogP contribution in [-0.4, -0.2) is 106 Å². The fraction of sp³-hybridized carbons (Fsp3) is 0.742. The normalized spacial score (nSPS) is 24.1. The predicted octanol–water partition coefficient (Wildman–Crippen LogP) is 4.54. The first kappa shape index (κ1) is 30.4. The highest BCUT2D eigenvalue weighted by molar-refractivity contribution is 5.80. The quantitative estimate of drug-likeness (QED) is 0.507. The van der Waals surface area contributed by atoms with Crippen LogP contribution in [0.15, 0.2) is 12.3 Å². The number of nitrogens with one attached hydrogen (secondary N) is 1. The van der Waals surface area contributed by atoms with Crippen LogP contribution < -0.4 is 10.1 Å². The molecule has 1 aliphatic carbocycles. The molecule has 0 aromatic carbocycles. The Balaban J connectivity index is 1.18. The van der Waals surface area contributed by atoms with E-state index < -0.39 is 5.60 Å². The lowest BCUT2D eigenvalue weighted by atomic mass is 9.84. The number of carbonyl (C=O) groups is 2. The third kappa shape index (κ3) is 7.10. The van der Waals surface area contributed by atoms with Crippen LogP contribution in [0.1, 0.15) is 78.7 Å². The van der Waals surface area contributed by atoms with E-state index in [4.69, 9.17) is 14.5 Å². The summed E-state index contributed by atoms with van der Waals surface area (Å²) in [6.45, 7) is 13.1. The zero-order valence-electron chi connectivity index (χ0n) is 26.1. The second-order valence-corrected chi connectivity index (χ2v) is 13.1. The first-order chi connectivity index (χ1) is 20.1. The van der Waals surface area contributed by atoms with Gasteiger partial charge in [0.15, 0.2) is 0 Å². The molecular formula is C31H49N7O4. The maximum absolute atomic E-state index is 13.5. The highest BCUT2D eigenvalue weighted by atomic mass is 16.6. The topological polar surface area (TPSA) is 105 Å². The van der Waals surface area contributed by atoms with Crippen molar-refractivity contribution in [1.82, 2.24) is 29.2 Å². The van der Waals surface area contributed by atoms with Gasteiger partial charge in [0.05, 0.1) is 11.7 Å². The number of rotatable bonds is 7. The van der Waals surface area contributed by atoms with Gasteiger partial charge >= 0.3 is 6.09 Å². The van der Waals surface area contributed by atoms with Crippen molar-refractivity contribution in [2.24, 2.45) is 5.92 Å². The summed E-state index contributed by atoms with van der Waals surface area (Å²) in [6.07, 6.45) is 8.83. The number of amides is 2. The Bertz CT molecular complexity index is 1230. The van der Waals surface area contributed by atoms with Crippen LogP contribution in [0, 0.1) is 5.92 Å². The van der Waals surface area contributed by atoms with Gasteiger partial charge in [-0.25, -0.2) is 14.8 Å². The smallest absolute Gasteiger partial charge is 0.410 e. The van der Waals surface area contributed by atoms with Gasteiger partial charge in [-0.3, -0.25) is 9.69 Å². The van der Waals surface area contributed by atoms with Crippen LogP contribution in [0.2, 0.25) is 0 Å². The largest absolute Gasteiger partial charge is 0.476 e. The van der Waals surface area contributed by atoms with Crippen molar-refractivity contribution in [2.75, 3.05) is 58.2 Å². The molecule has 1 saturated carbocycles. The minimum Gasteiger partial charge on any atom is -0.476 e. The lowest BCUT2D eigenvalue weighted by Crippen LogP contribution is -2.57. The molecule has 42 heavy (non-hydrogen) atoms. The molecule has 0 radical (unpaired) electrons. The Labute approximate surface area is 249 Å². The summed E-state index contributed by atoms with van der Waals surface area (Å²) in [6, 6.07) is 2.18. The summed E-state index contributed by atoms with van der Waals surface area (Å²) in [5.41, 5.74) is 1.33. The average molecular weight is 584 g/mol. The monoisotopic (exact) mass is 583 g/mol. The summed E-state index contributed by atoms with van der Waals surface area (Å²) in [4.78, 5) is 41.6. The van der Waals surface area contributed by atoms with E-state index in [-0.39, 0.29) is 30.0 Å². The number of imidazole rings is 1. The van der Waals surface area contributed by atoms with E-state index in [0.29, 0.717) is 32.1 Å². The standard InChI is InChI=1S/C31H49N7O4/c1-22-21-36(15-16-37(22)30(40)42-31(2,3)4)28(39)23-9-11-24(12-10-23)38-26-19-27(33-20-25(26)34-29(38)32-5)41-18-17-35-13-7-6-8-14-35/h19-20,22-24H,6-18,21H2,1-5H3,(H,32,34). The van der Waals surface area contributed by atoms with Gasteiger partial charge in [-0.05, 0) is 79.3 Å². The summed E-state index contributed by atoms with van der Waals surface area (Å²) >= 11 is 0. The number of anilines is 1. The van der Waals surface area contributed by atoms with Gasteiger partial charge < -0.3 is 29.2 Å². The molecular weight excluding hydrogens is 534 g/mol. The van der Waals surface area contributed by atoms with E-state index in [1.54, 1.807) is 11.1 Å². The molecule has 0 spiro atoms. The van der Waals surface area contributed by atoms with Crippen LogP contribution in [0.4, 0.5) is 10.7 Å². The number of piperazine rings is 1. The van der Waals surface area contributed by atoms with Crippen LogP contribution in [0.25, 0.3) is 11.0 Å². The van der Waals surface area contributed by atoms with Gasteiger partial charge in [-0.15, -0.1) is 0 Å². The van der Waals surface area contributed by atoms with E-state index in [9.17, 15) is 9.59 Å². The van der Waals surface area contributed by atoms with Crippen molar-refractivity contribution >= 4 is 29.0 Å². The average Bonchev–Trinajstić information content (AvgIpc) is 3.34. The highest BCUT2D eigenvalue weighted by Crippen LogP contribution is 2.38. The number of ether oxygens (including phenoxy) is 2. The Kier molecular flexibility index (Phi) is 9.44. The molecule has 2 aromatic heterocycles. The van der Waals surface area contributed by atoms with Crippen LogP contribution in [-0.2, 0) is 9.53 Å². The minimum atomic E-state index is -0.534. The Hall–Kier alpha value is -3.08. The number of carbonyl (C=O) groups excluding carboxylic acids is 2. The molecule has 4 heterocycles. The fourth-order valence-corrected chi connectivity index (χ4v) is 6.66. The Morgan fingerprint density at radius 1 is 1.05 bits per heavy atom. The van der Waals surface area contributed by atoms with E-state index in [0.717, 1.165) is 62.3 Å². The van der Waals surface area contributed by atoms with Crippen molar-refractivity contribution in [1.29, 1.82) is 0 Å². The number of pyridine rings is 1. The number of aromatic nitrogens is 3. The summed E-state index contributed by atoms with van der Waals surface area (Å²) < 4.78 is 13.9. The van der Waals surface area contributed by atoms with Crippen molar-refractivity contribution < 1.29 is 19.1 Å². The van der Waals surface area contributed by atoms with E-state index in [2.05, 4.69) is 19.8 Å². The van der Waals surface area contributed by atoms with Crippen molar-refractivity contribution in [2.45, 2.75) is 90.3 Å². The first-order valence-electron chi connectivity index (χ1n) is 15.8. The molecule has 1 atom stereocenters. The minimum absolute atomic E-state index is 0.00435. The molecule has 2 aliphatic heterocycles. The molecule has 2 saturated heterocycles. The van der Waals surface area contributed by atoms with Crippen molar-refractivity contribution in [3.05, 3.63) is 12.3 Å². The Morgan fingerprint density at radius 3 is 2.45 bits per heavy atom. The van der Waals surface area contributed by atoms with Gasteiger partial charge in [-0.1, -0.05) is 6.42 Å².